The molecule has 22 heavy (non-hydrogen) atoms. The Hall–Kier alpha value is -2.33. The second kappa shape index (κ2) is 6.20. The van der Waals surface area contributed by atoms with Crippen molar-refractivity contribution in [2.75, 3.05) is 18.6 Å². The van der Waals surface area contributed by atoms with Crippen molar-refractivity contribution < 1.29 is 14.3 Å². The van der Waals surface area contributed by atoms with Crippen molar-refractivity contribution in [3.63, 3.8) is 0 Å². The summed E-state index contributed by atoms with van der Waals surface area (Å²) in [5, 5.41) is 0. The molecule has 0 unspecified atom stereocenters. The third-order valence-corrected chi connectivity index (χ3v) is 3.88. The fourth-order valence-electron chi connectivity index (χ4n) is 2.81. The summed E-state index contributed by atoms with van der Waals surface area (Å²) in [6.45, 7) is 2.43. The molecule has 1 saturated heterocycles. The Morgan fingerprint density at radius 3 is 2.32 bits per heavy atom. The van der Waals surface area contributed by atoms with E-state index >= 15 is 0 Å². The minimum Gasteiger partial charge on any atom is -0.497 e. The first-order valence-electron chi connectivity index (χ1n) is 7.40. The maximum Gasteiger partial charge on any atom is 0.259 e. The van der Waals surface area contributed by atoms with Gasteiger partial charge in [-0.05, 0) is 36.8 Å². The van der Waals surface area contributed by atoms with Gasteiger partial charge in [0.05, 0.1) is 13.2 Å². The molecule has 0 aromatic heterocycles. The van der Waals surface area contributed by atoms with Crippen molar-refractivity contribution in [1.82, 2.24) is 0 Å². The van der Waals surface area contributed by atoms with Crippen LogP contribution in [0, 0.1) is 0 Å². The molecule has 1 heterocycles. The van der Waals surface area contributed by atoms with Crippen LogP contribution in [0.2, 0.25) is 0 Å². The molecule has 0 saturated carbocycles. The van der Waals surface area contributed by atoms with Gasteiger partial charge in [-0.15, -0.1) is 0 Å². The molecule has 1 aliphatic rings. The van der Waals surface area contributed by atoms with Crippen LogP contribution < -0.4 is 9.64 Å². The summed E-state index contributed by atoms with van der Waals surface area (Å²) >= 11 is 0. The summed E-state index contributed by atoms with van der Waals surface area (Å²) in [6.07, 6.45) is -0.408. The van der Waals surface area contributed by atoms with Crippen LogP contribution in [0.1, 0.15) is 18.5 Å². The molecule has 1 amide bonds. The van der Waals surface area contributed by atoms with Crippen molar-refractivity contribution in [3.8, 4) is 5.75 Å². The lowest BCUT2D eigenvalue weighted by Crippen LogP contribution is -2.60. The number of hydrogen-bond donors (Lipinski definition) is 0. The summed E-state index contributed by atoms with van der Waals surface area (Å²) in [4.78, 5) is 14.2. The van der Waals surface area contributed by atoms with E-state index in [0.29, 0.717) is 6.61 Å². The first kappa shape index (κ1) is 14.6. The molecule has 2 aromatic carbocycles. The van der Waals surface area contributed by atoms with Gasteiger partial charge in [-0.3, -0.25) is 9.69 Å². The summed E-state index contributed by atoms with van der Waals surface area (Å²) in [5.41, 5.74) is 1.94. The molecule has 4 nitrogen and oxygen atoms in total. The quantitative estimate of drug-likeness (QED) is 0.796. The van der Waals surface area contributed by atoms with E-state index in [4.69, 9.17) is 9.47 Å². The van der Waals surface area contributed by atoms with Crippen LogP contribution in [-0.2, 0) is 9.53 Å². The van der Waals surface area contributed by atoms with E-state index in [9.17, 15) is 4.79 Å². The third-order valence-electron chi connectivity index (χ3n) is 3.88. The van der Waals surface area contributed by atoms with E-state index in [2.05, 4.69) is 0 Å². The zero-order valence-electron chi connectivity index (χ0n) is 12.7. The highest BCUT2D eigenvalue weighted by molar-refractivity contribution is 6.05. The third kappa shape index (κ3) is 2.46. The number of methoxy groups -OCH3 is 1. The fourth-order valence-corrected chi connectivity index (χ4v) is 2.81. The van der Waals surface area contributed by atoms with E-state index in [0.717, 1.165) is 17.0 Å². The van der Waals surface area contributed by atoms with Gasteiger partial charge in [0.15, 0.2) is 6.10 Å². The van der Waals surface area contributed by atoms with Gasteiger partial charge in [-0.25, -0.2) is 0 Å². The first-order chi connectivity index (χ1) is 10.8. The van der Waals surface area contributed by atoms with Gasteiger partial charge in [-0.2, -0.15) is 0 Å². The van der Waals surface area contributed by atoms with Crippen LogP contribution in [0.4, 0.5) is 5.69 Å². The number of hydrogen-bond acceptors (Lipinski definition) is 3. The lowest BCUT2D eigenvalue weighted by Gasteiger charge is -2.46. The normalized spacial score (nSPS) is 20.6. The van der Waals surface area contributed by atoms with Gasteiger partial charge < -0.3 is 9.47 Å². The Kier molecular flexibility index (Phi) is 4.11. The van der Waals surface area contributed by atoms with E-state index < -0.39 is 6.10 Å². The highest BCUT2D eigenvalue weighted by atomic mass is 16.5. The monoisotopic (exact) mass is 297 g/mol. The highest BCUT2D eigenvalue weighted by Gasteiger charge is 2.49. The van der Waals surface area contributed by atoms with Crippen molar-refractivity contribution in [2.24, 2.45) is 0 Å². The molecule has 1 aliphatic heterocycles. The maximum atomic E-state index is 12.5. The zero-order valence-corrected chi connectivity index (χ0v) is 12.7. The van der Waals surface area contributed by atoms with Crippen LogP contribution in [-0.4, -0.2) is 25.7 Å². The molecule has 2 atom stereocenters. The predicted molar refractivity (Wildman–Crippen MR) is 85.1 cm³/mol. The lowest BCUT2D eigenvalue weighted by molar-refractivity contribution is -0.142. The van der Waals surface area contributed by atoms with Gasteiger partial charge in [0.1, 0.15) is 5.75 Å². The summed E-state index contributed by atoms with van der Waals surface area (Å²) in [6, 6.07) is 17.4. The van der Waals surface area contributed by atoms with Crippen LogP contribution in [0.15, 0.2) is 54.6 Å². The zero-order chi connectivity index (χ0) is 15.5. The number of anilines is 1. The number of ether oxygens (including phenoxy) is 2. The van der Waals surface area contributed by atoms with Crippen molar-refractivity contribution in [2.45, 2.75) is 19.1 Å². The van der Waals surface area contributed by atoms with Gasteiger partial charge in [0.25, 0.3) is 5.91 Å². The van der Waals surface area contributed by atoms with Gasteiger partial charge >= 0.3 is 0 Å². The molecule has 0 aliphatic carbocycles. The maximum absolute atomic E-state index is 12.5. The average molecular weight is 297 g/mol. The SMILES string of the molecule is CCO[C@H]1C(=O)N(c2ccc(OC)cc2)[C@@H]1c1ccccc1. The van der Waals surface area contributed by atoms with E-state index in [1.807, 2.05) is 61.5 Å². The largest absolute Gasteiger partial charge is 0.497 e. The van der Waals surface area contributed by atoms with E-state index in [-0.39, 0.29) is 11.9 Å². The number of amides is 1. The number of carbonyl (C=O) groups excluding carboxylic acids is 1. The van der Waals surface area contributed by atoms with Gasteiger partial charge in [0.2, 0.25) is 0 Å². The number of benzene rings is 2. The molecule has 114 valence electrons. The van der Waals surface area contributed by atoms with E-state index in [1.165, 1.54) is 0 Å². The minimum absolute atomic E-state index is 0.000805. The Morgan fingerprint density at radius 1 is 1.05 bits per heavy atom. The Balaban J connectivity index is 1.92. The number of β-lactam (4-membered cyclic amide) rings is 1. The molecule has 4 heteroatoms. The summed E-state index contributed by atoms with van der Waals surface area (Å²) in [5.74, 6) is 0.773. The lowest BCUT2D eigenvalue weighted by atomic mass is 9.89. The smallest absolute Gasteiger partial charge is 0.259 e. The number of nitrogens with zero attached hydrogens (tertiary/aromatic N) is 1. The van der Waals surface area contributed by atoms with Crippen molar-refractivity contribution in [3.05, 3.63) is 60.2 Å². The second-order valence-corrected chi connectivity index (χ2v) is 5.14. The molecule has 0 spiro atoms. The molecule has 0 radical (unpaired) electrons. The van der Waals surface area contributed by atoms with Crippen LogP contribution >= 0.6 is 0 Å². The second-order valence-electron chi connectivity index (χ2n) is 5.14. The molecular weight excluding hydrogens is 278 g/mol. The average Bonchev–Trinajstić information content (AvgIpc) is 2.58. The van der Waals surface area contributed by atoms with Crippen LogP contribution in [0.3, 0.4) is 0 Å². The number of carbonyl (C=O) groups is 1. The topological polar surface area (TPSA) is 38.8 Å². The molecular formula is C18H19NO3. The fraction of sp³-hybridized carbons (Fsp3) is 0.278. The molecule has 0 bridgehead atoms. The number of rotatable bonds is 5. The van der Waals surface area contributed by atoms with Crippen LogP contribution in [0.25, 0.3) is 0 Å². The highest BCUT2D eigenvalue weighted by Crippen LogP contribution is 2.41. The van der Waals surface area contributed by atoms with Crippen molar-refractivity contribution >= 4 is 11.6 Å². The standard InChI is InChI=1S/C18H19NO3/c1-3-22-17-16(13-7-5-4-6-8-13)19(18(17)20)14-9-11-15(21-2)12-10-14/h4-12,16-17H,3H2,1-2H3/t16-,17-/m1/s1. The Morgan fingerprint density at radius 2 is 1.73 bits per heavy atom. The Labute approximate surface area is 130 Å². The van der Waals surface area contributed by atoms with Crippen LogP contribution in [0.5, 0.6) is 5.75 Å². The van der Waals surface area contributed by atoms with Crippen molar-refractivity contribution in [1.29, 1.82) is 0 Å². The molecule has 3 rings (SSSR count). The minimum atomic E-state index is -0.408. The first-order valence-corrected chi connectivity index (χ1v) is 7.40. The summed E-state index contributed by atoms with van der Waals surface area (Å²) < 4.78 is 10.8. The molecule has 0 N–H and O–H groups in total. The summed E-state index contributed by atoms with van der Waals surface area (Å²) in [7, 11) is 1.63. The molecule has 1 fully saturated rings. The Bertz CT molecular complexity index is 639. The predicted octanol–water partition coefficient (Wildman–Crippen LogP) is 3.19. The molecule has 2 aromatic rings. The van der Waals surface area contributed by atoms with Gasteiger partial charge in [0, 0.05) is 12.3 Å². The van der Waals surface area contributed by atoms with Gasteiger partial charge in [-0.1, -0.05) is 30.3 Å². The van der Waals surface area contributed by atoms with E-state index in [1.54, 1.807) is 12.0 Å².